The van der Waals surface area contributed by atoms with Crippen LogP contribution in [0.25, 0.3) is 0 Å². The zero-order valence-corrected chi connectivity index (χ0v) is 27.8. The predicted octanol–water partition coefficient (Wildman–Crippen LogP) is 3.20. The molecule has 4 aliphatic rings. The number of alkyl halides is 2. The highest BCUT2D eigenvalue weighted by atomic mass is 35.5. The van der Waals surface area contributed by atoms with Crippen LogP contribution in [0.2, 0.25) is 0 Å². The first-order chi connectivity index (χ1) is 24.6. The van der Waals surface area contributed by atoms with Crippen LogP contribution in [0.4, 0.5) is 33.3 Å². The first-order valence-electron chi connectivity index (χ1n) is 15.8. The fourth-order valence-corrected chi connectivity index (χ4v) is 8.87. The van der Waals surface area contributed by atoms with Crippen molar-refractivity contribution in [3.8, 4) is 5.75 Å². The third-order valence-electron chi connectivity index (χ3n) is 10.2. The van der Waals surface area contributed by atoms with E-state index in [0.717, 1.165) is 4.90 Å². The molecule has 2 heterocycles. The fraction of sp³-hybridized carbons (Fsp3) is 0.294. The topological polar surface area (TPSA) is 145 Å². The average molecular weight is 765 g/mol. The van der Waals surface area contributed by atoms with Crippen molar-refractivity contribution in [1.29, 1.82) is 0 Å². The second-order valence-corrected chi connectivity index (χ2v) is 14.1. The average Bonchev–Trinajstić information content (AvgIpc) is 3.47. The number of hydrogen-bond acceptors (Lipinski definition) is 8. The van der Waals surface area contributed by atoms with E-state index < -0.39 is 105 Å². The molecule has 4 amide bonds. The van der Waals surface area contributed by atoms with Crippen molar-refractivity contribution in [3.63, 3.8) is 0 Å². The third-order valence-corrected chi connectivity index (χ3v) is 11.6. The van der Waals surface area contributed by atoms with E-state index in [9.17, 15) is 42.4 Å². The van der Waals surface area contributed by atoms with E-state index in [1.165, 1.54) is 48.5 Å². The summed E-state index contributed by atoms with van der Waals surface area (Å²) in [4.78, 5) is 52.0. The Kier molecular flexibility index (Phi) is 8.77. The molecule has 52 heavy (non-hydrogen) atoms. The van der Waals surface area contributed by atoms with E-state index in [1.54, 1.807) is 6.08 Å². The van der Waals surface area contributed by atoms with E-state index in [2.05, 4.69) is 0 Å². The molecule has 0 bridgehead atoms. The van der Waals surface area contributed by atoms with Gasteiger partial charge in [0.05, 0.1) is 24.1 Å². The molecule has 2 saturated heterocycles. The minimum Gasteiger partial charge on any atom is -0.491 e. The zero-order chi connectivity index (χ0) is 37.6. The van der Waals surface area contributed by atoms with Gasteiger partial charge in [-0.3, -0.25) is 24.1 Å². The molecule has 18 heteroatoms. The van der Waals surface area contributed by atoms with E-state index >= 15 is 8.78 Å². The Morgan fingerprint density at radius 2 is 1.46 bits per heavy atom. The number of halogens is 7. The number of benzene rings is 3. The van der Waals surface area contributed by atoms with E-state index in [0.29, 0.717) is 0 Å². The van der Waals surface area contributed by atoms with Crippen LogP contribution in [0.5, 0.6) is 5.75 Å². The Bertz CT molecular complexity index is 2080. The molecule has 7 rings (SSSR count). The van der Waals surface area contributed by atoms with Gasteiger partial charge in [-0.25, -0.2) is 26.9 Å². The van der Waals surface area contributed by atoms with E-state index in [4.69, 9.17) is 33.0 Å². The minimum atomic E-state index is -2.69. The van der Waals surface area contributed by atoms with Crippen molar-refractivity contribution in [1.82, 2.24) is 0 Å². The number of fused-ring (bicyclic) bond motifs is 4. The summed E-state index contributed by atoms with van der Waals surface area (Å²) >= 11 is 14.2. The molecule has 2 aliphatic heterocycles. The number of nitrogens with zero attached hydrogens (tertiary/aromatic N) is 2. The largest absolute Gasteiger partial charge is 0.491 e. The van der Waals surface area contributed by atoms with Crippen LogP contribution < -0.4 is 20.0 Å². The lowest BCUT2D eigenvalue weighted by Crippen LogP contribution is -2.60. The number of hydrogen-bond donors (Lipinski definition) is 3. The molecule has 3 aromatic carbocycles. The highest BCUT2D eigenvalue weighted by Gasteiger charge is 2.77. The SMILES string of the molecule is O=C1C2CC=C3C(CC4(Cl)C(=O)N(c5c(F)c(F)c(F)c(F)c5F)C(=O)C4(Cl)C3c3ccc(OCCO)cc3)C2C(=O)N1c1cccc(B(O)O)c1. The number of carbonyl (C=O) groups excluding carboxylic acids is 4. The van der Waals surface area contributed by atoms with Gasteiger partial charge in [0.15, 0.2) is 33.0 Å². The van der Waals surface area contributed by atoms with Crippen LogP contribution in [0, 0.1) is 46.8 Å². The van der Waals surface area contributed by atoms with Gasteiger partial charge in [0.2, 0.25) is 17.6 Å². The van der Waals surface area contributed by atoms with Crippen LogP contribution in [0.3, 0.4) is 0 Å². The van der Waals surface area contributed by atoms with Gasteiger partial charge in [-0.05, 0) is 54.1 Å². The van der Waals surface area contributed by atoms with Crippen LogP contribution in [-0.4, -0.2) is 68.9 Å². The summed E-state index contributed by atoms with van der Waals surface area (Å²) < 4.78 is 78.8. The van der Waals surface area contributed by atoms with Crippen molar-refractivity contribution in [3.05, 3.63) is 94.8 Å². The van der Waals surface area contributed by atoms with Crippen molar-refractivity contribution >= 4 is 70.8 Å². The van der Waals surface area contributed by atoms with Crippen LogP contribution in [0.1, 0.15) is 24.3 Å². The molecule has 6 unspecified atom stereocenters. The van der Waals surface area contributed by atoms with Gasteiger partial charge >= 0.3 is 7.12 Å². The van der Waals surface area contributed by atoms with Gasteiger partial charge in [-0.1, -0.05) is 35.9 Å². The van der Waals surface area contributed by atoms with Crippen molar-refractivity contribution in [2.45, 2.75) is 28.5 Å². The van der Waals surface area contributed by atoms with Gasteiger partial charge < -0.3 is 19.9 Å². The summed E-state index contributed by atoms with van der Waals surface area (Å²) in [5, 5.41) is 28.5. The molecule has 10 nitrogen and oxygen atoms in total. The molecule has 3 fully saturated rings. The first kappa shape index (κ1) is 36.0. The summed E-state index contributed by atoms with van der Waals surface area (Å²) in [5.74, 6) is -21.7. The number of imide groups is 2. The Hall–Kier alpha value is -4.35. The van der Waals surface area contributed by atoms with Gasteiger partial charge in [0.25, 0.3) is 11.8 Å². The third kappa shape index (κ3) is 4.88. The van der Waals surface area contributed by atoms with Crippen LogP contribution in [0.15, 0.2) is 60.2 Å². The molecule has 0 radical (unpaired) electrons. The molecule has 2 aliphatic carbocycles. The summed E-state index contributed by atoms with van der Waals surface area (Å²) in [5.41, 5.74) is -1.47. The normalized spacial score (nSPS) is 28.2. The number of anilines is 2. The second kappa shape index (κ2) is 12.7. The quantitative estimate of drug-likeness (QED) is 0.0634. The number of ether oxygens (including phenoxy) is 1. The molecule has 0 spiro atoms. The van der Waals surface area contributed by atoms with Crippen LogP contribution >= 0.6 is 23.2 Å². The van der Waals surface area contributed by atoms with Crippen LogP contribution in [-0.2, 0) is 19.2 Å². The Balaban J connectivity index is 1.39. The molecule has 1 saturated carbocycles. The second-order valence-electron chi connectivity index (χ2n) is 12.8. The highest BCUT2D eigenvalue weighted by Crippen LogP contribution is 2.66. The maximum absolute atomic E-state index is 15.2. The Labute approximate surface area is 301 Å². The molecule has 3 N–H and O–H groups in total. The van der Waals surface area contributed by atoms with Gasteiger partial charge in [0, 0.05) is 5.92 Å². The number of aliphatic hydroxyl groups is 1. The number of carbonyl (C=O) groups is 4. The minimum absolute atomic E-state index is 0.0132. The fourth-order valence-electron chi connectivity index (χ4n) is 7.94. The molecule has 270 valence electrons. The van der Waals surface area contributed by atoms with Gasteiger partial charge in [0.1, 0.15) is 18.0 Å². The van der Waals surface area contributed by atoms with Gasteiger partial charge in [-0.2, -0.15) is 0 Å². The van der Waals surface area contributed by atoms with Gasteiger partial charge in [-0.15, -0.1) is 23.2 Å². The number of rotatable bonds is 7. The Morgan fingerprint density at radius 1 is 0.827 bits per heavy atom. The highest BCUT2D eigenvalue weighted by molar-refractivity contribution is 6.59. The number of allylic oxidation sites excluding steroid dienone is 2. The van der Waals surface area contributed by atoms with E-state index in [1.807, 2.05) is 0 Å². The van der Waals surface area contributed by atoms with E-state index in [-0.39, 0.29) is 52.6 Å². The van der Waals surface area contributed by atoms with Crippen molar-refractivity contribution in [2.75, 3.05) is 23.0 Å². The standard InChI is InChI=1S/C34H24BCl2F5N2O8/c36-33-13-20-18(8-9-19-21(20)30(47)43(29(19)46)16-3-1-2-15(12-16)35(50)51)22(14-4-6-17(7-5-14)52-11-10-45)34(33,37)32(49)44(31(33)48)28-26(41)24(39)23(38)25(40)27(28)42/h1-8,12,19-22,45,50-51H,9-11,13H2. The molecule has 0 aromatic heterocycles. The van der Waals surface area contributed by atoms with Crippen molar-refractivity contribution < 1.29 is 61.0 Å². The lowest BCUT2D eigenvalue weighted by molar-refractivity contribution is -0.125. The maximum atomic E-state index is 15.2. The Morgan fingerprint density at radius 3 is 2.08 bits per heavy atom. The summed E-state index contributed by atoms with van der Waals surface area (Å²) in [6.07, 6.45) is 0.784. The van der Waals surface area contributed by atoms with Crippen molar-refractivity contribution in [2.24, 2.45) is 17.8 Å². The monoisotopic (exact) mass is 764 g/mol. The summed E-state index contributed by atoms with van der Waals surface area (Å²) in [6.45, 7) is -0.403. The molecular weight excluding hydrogens is 741 g/mol. The summed E-state index contributed by atoms with van der Waals surface area (Å²) in [7, 11) is -1.93. The smallest absolute Gasteiger partial charge is 0.488 e. The lowest BCUT2D eigenvalue weighted by atomic mass is 9.56. The maximum Gasteiger partial charge on any atom is 0.488 e. The lowest BCUT2D eigenvalue weighted by Gasteiger charge is -2.50. The number of aliphatic hydroxyl groups excluding tert-OH is 1. The number of amides is 4. The molecule has 3 aromatic rings. The summed E-state index contributed by atoms with van der Waals surface area (Å²) in [6, 6.07) is 11.1. The predicted molar refractivity (Wildman–Crippen MR) is 174 cm³/mol. The molecule has 6 atom stereocenters. The molecular formula is C34H24BCl2F5N2O8. The first-order valence-corrected chi connectivity index (χ1v) is 16.5. The zero-order valence-electron chi connectivity index (χ0n) is 26.3.